The van der Waals surface area contributed by atoms with E-state index < -0.39 is 0 Å². The molecule has 3 aliphatic carbocycles. The van der Waals surface area contributed by atoms with Crippen molar-refractivity contribution in [2.75, 3.05) is 26.2 Å². The number of nitrogens with zero attached hydrogens (tertiary/aromatic N) is 3. The predicted octanol–water partition coefficient (Wildman–Crippen LogP) is 3.99. The maximum Gasteiger partial charge on any atom is 0.233 e. The highest BCUT2D eigenvalue weighted by Gasteiger charge is 2.88. The van der Waals surface area contributed by atoms with E-state index in [4.69, 9.17) is 9.84 Å². The number of ketones is 1. The van der Waals surface area contributed by atoms with Gasteiger partial charge in [-0.15, -0.1) is 5.10 Å². The van der Waals surface area contributed by atoms with E-state index >= 15 is 0 Å². The summed E-state index contributed by atoms with van der Waals surface area (Å²) >= 11 is 1.90. The second-order valence-electron chi connectivity index (χ2n) is 15.3. The van der Waals surface area contributed by atoms with Crippen molar-refractivity contribution in [2.45, 2.75) is 120 Å². The first-order valence-electron chi connectivity index (χ1n) is 17.0. The quantitative estimate of drug-likeness (QED) is 0.376. The third-order valence-electron chi connectivity index (χ3n) is 12.3. The average Bonchev–Trinajstić information content (AvgIpc) is 3.93. The first-order chi connectivity index (χ1) is 20.4. The molecule has 5 heterocycles. The second-order valence-corrected chi connectivity index (χ2v) is 16.4. The Morgan fingerprint density at radius 3 is 2.71 bits per heavy atom. The minimum Gasteiger partial charge on any atom is -0.469 e. The van der Waals surface area contributed by atoms with Crippen molar-refractivity contribution < 1.29 is 9.53 Å². The van der Waals surface area contributed by atoms with Crippen molar-refractivity contribution in [1.82, 2.24) is 35.4 Å². The molecule has 2 spiro atoms. The molecule has 9 nitrogen and oxygen atoms in total. The third kappa shape index (κ3) is 5.06. The van der Waals surface area contributed by atoms with Crippen LogP contribution in [-0.2, 0) is 4.79 Å². The van der Waals surface area contributed by atoms with Crippen molar-refractivity contribution in [3.05, 3.63) is 12.3 Å². The molecule has 0 amide bonds. The molecule has 7 aliphatic rings. The number of nitrogens with one attached hydrogen (secondary N) is 4. The molecule has 1 aromatic heterocycles. The molecule has 1 aromatic rings. The molecule has 42 heavy (non-hydrogen) atoms. The number of ether oxygens (including phenoxy) is 1. The van der Waals surface area contributed by atoms with Crippen LogP contribution < -0.4 is 25.4 Å². The first kappa shape index (κ1) is 28.3. The van der Waals surface area contributed by atoms with E-state index in [1.807, 2.05) is 28.9 Å². The summed E-state index contributed by atoms with van der Waals surface area (Å²) in [6.45, 7) is 8.33. The highest BCUT2D eigenvalue weighted by atomic mass is 32.2. The summed E-state index contributed by atoms with van der Waals surface area (Å²) in [5.41, 5.74) is 0.947. The van der Waals surface area contributed by atoms with Crippen molar-refractivity contribution in [1.29, 1.82) is 0 Å². The van der Waals surface area contributed by atoms with Crippen molar-refractivity contribution in [2.24, 2.45) is 28.6 Å². The Labute approximate surface area is 255 Å². The lowest BCUT2D eigenvalue weighted by Gasteiger charge is -2.47. The lowest BCUT2D eigenvalue weighted by atomic mass is 9.90. The lowest BCUT2D eigenvalue weighted by molar-refractivity contribution is -0.123. The van der Waals surface area contributed by atoms with Gasteiger partial charge in [0.25, 0.3) is 0 Å². The van der Waals surface area contributed by atoms with Gasteiger partial charge in [-0.1, -0.05) is 11.9 Å². The van der Waals surface area contributed by atoms with Crippen LogP contribution in [-0.4, -0.2) is 69.9 Å². The van der Waals surface area contributed by atoms with Crippen molar-refractivity contribution >= 4 is 17.7 Å². The normalized spacial score (nSPS) is 40.1. The molecule has 8 rings (SSSR count). The van der Waals surface area contributed by atoms with Crippen LogP contribution in [0, 0.1) is 28.6 Å². The molecule has 7 atom stereocenters. The zero-order chi connectivity index (χ0) is 28.5. The monoisotopic (exact) mass is 597 g/mol. The van der Waals surface area contributed by atoms with Gasteiger partial charge >= 0.3 is 0 Å². The number of aromatic nitrogens is 2. The molecule has 4 N–H and O–H groups in total. The average molecular weight is 598 g/mol. The molecule has 6 unspecified atom stereocenters. The summed E-state index contributed by atoms with van der Waals surface area (Å²) in [5.74, 6) is 2.42. The molecule has 10 heteroatoms. The van der Waals surface area contributed by atoms with Crippen LogP contribution in [0.15, 0.2) is 12.3 Å². The molecular weight excluding hydrogens is 546 g/mol. The highest BCUT2D eigenvalue weighted by Crippen LogP contribution is 2.92. The molecular formula is C32H51N7O2S. The van der Waals surface area contributed by atoms with Crippen molar-refractivity contribution in [3.63, 3.8) is 0 Å². The predicted molar refractivity (Wildman–Crippen MR) is 165 cm³/mol. The third-order valence-corrected chi connectivity index (χ3v) is 13.2. The van der Waals surface area contributed by atoms with Crippen LogP contribution >= 0.6 is 11.9 Å². The number of carbonyl (C=O) groups is 1. The van der Waals surface area contributed by atoms with E-state index in [-0.39, 0.29) is 24.2 Å². The highest BCUT2D eigenvalue weighted by molar-refractivity contribution is 7.98. The summed E-state index contributed by atoms with van der Waals surface area (Å²) in [6.07, 6.45) is 17.6. The number of rotatable bonds is 5. The molecule has 4 aliphatic heterocycles. The minimum atomic E-state index is 0.127. The maximum atomic E-state index is 13.0. The van der Waals surface area contributed by atoms with Gasteiger partial charge in [-0.2, -0.15) is 0 Å². The van der Waals surface area contributed by atoms with E-state index in [9.17, 15) is 4.79 Å². The Morgan fingerprint density at radius 1 is 1.07 bits per heavy atom. The maximum absolute atomic E-state index is 13.0. The molecule has 7 fully saturated rings. The fraction of sp³-hybridized carbons (Fsp3) is 0.875. The number of Topliss-reactive ketones (excluding diaryl/α,β-unsaturated/α-hetero) is 1. The summed E-state index contributed by atoms with van der Waals surface area (Å²) in [5, 5.41) is 17.0. The van der Waals surface area contributed by atoms with Gasteiger partial charge in [0, 0.05) is 42.7 Å². The molecule has 0 radical (unpaired) electrons. The molecule has 232 valence electrons. The molecule has 3 saturated carbocycles. The number of carbonyl (C=O) groups excluding carboxylic acids is 1. The van der Waals surface area contributed by atoms with Crippen LogP contribution in [0.5, 0.6) is 5.88 Å². The Morgan fingerprint density at radius 2 is 1.90 bits per heavy atom. The van der Waals surface area contributed by atoms with Gasteiger partial charge in [-0.05, 0) is 114 Å². The topological polar surface area (TPSA) is 95.5 Å². The summed E-state index contributed by atoms with van der Waals surface area (Å²) in [4.78, 5) is 15.8. The van der Waals surface area contributed by atoms with Gasteiger partial charge in [0.2, 0.25) is 5.88 Å². The number of fused-ring (bicyclic) bond motifs is 7. The van der Waals surface area contributed by atoms with Crippen LogP contribution in [0.4, 0.5) is 0 Å². The second kappa shape index (κ2) is 10.7. The Hall–Kier alpha value is -1.17. The zero-order valence-corrected chi connectivity index (χ0v) is 26.4. The fourth-order valence-electron chi connectivity index (χ4n) is 9.88. The van der Waals surface area contributed by atoms with Gasteiger partial charge in [0.1, 0.15) is 12.8 Å². The van der Waals surface area contributed by atoms with Crippen molar-refractivity contribution in [3.8, 4) is 5.88 Å². The summed E-state index contributed by atoms with van der Waals surface area (Å²) in [7, 11) is 0. The molecule has 0 aromatic carbocycles. The van der Waals surface area contributed by atoms with Gasteiger partial charge in [-0.3, -0.25) is 29.7 Å². The van der Waals surface area contributed by atoms with Gasteiger partial charge in [-0.25, -0.2) is 0 Å². The van der Waals surface area contributed by atoms with Gasteiger partial charge < -0.3 is 10.1 Å². The first-order valence-corrected chi connectivity index (χ1v) is 17.9. The van der Waals surface area contributed by atoms with Crippen LogP contribution in [0.2, 0.25) is 0 Å². The molecule has 4 bridgehead atoms. The Bertz CT molecular complexity index is 1150. The van der Waals surface area contributed by atoms with Gasteiger partial charge in [0.15, 0.2) is 5.78 Å². The fourth-order valence-corrected chi connectivity index (χ4v) is 10.9. The zero-order valence-electron chi connectivity index (χ0n) is 25.6. The van der Waals surface area contributed by atoms with Crippen LogP contribution in [0.3, 0.4) is 0 Å². The smallest absolute Gasteiger partial charge is 0.233 e. The molecule has 4 saturated heterocycles. The number of hydrogen-bond donors (Lipinski definition) is 4. The number of piperidine rings is 2. The van der Waals surface area contributed by atoms with E-state index in [2.05, 4.69) is 39.4 Å². The SMILES string of the molecule is CC1(C)C[C@@H]2CCCNC3CCCC(N3)SNCC3CCC(n4ccc(OCC(=O)C5C6(CC6)C56CC6)n4)NC3N1C2. The van der Waals surface area contributed by atoms with E-state index in [1.54, 1.807) is 0 Å². The van der Waals surface area contributed by atoms with Crippen LogP contribution in [0.25, 0.3) is 0 Å². The van der Waals surface area contributed by atoms with E-state index in [0.717, 1.165) is 38.4 Å². The van der Waals surface area contributed by atoms with Crippen LogP contribution in [0.1, 0.15) is 97.1 Å². The Balaban J connectivity index is 0.935. The van der Waals surface area contributed by atoms with Gasteiger partial charge in [0.05, 0.1) is 17.7 Å². The Kier molecular flexibility index (Phi) is 7.23. The largest absolute Gasteiger partial charge is 0.469 e. The minimum absolute atomic E-state index is 0.127. The van der Waals surface area contributed by atoms with E-state index in [0.29, 0.717) is 46.1 Å². The summed E-state index contributed by atoms with van der Waals surface area (Å²) < 4.78 is 11.8. The number of hydrogen-bond acceptors (Lipinski definition) is 9. The standard InChI is InChI=1S/C32H51N7O2S/c1-30(2)17-21-5-4-15-33-24-6-3-7-27(35-24)42-34-18-22-8-9-25(36-29(22)38(30)19-21)39-16-10-26(37-39)41-20-23(40)28-31(11-12-31)32(28)13-14-32/h10,16,21-22,24-25,27-29,33-36H,3-9,11-15,17-20H2,1-2H3/t21-,22?,24?,25?,27?,29?/m0/s1. The lowest BCUT2D eigenvalue weighted by Crippen LogP contribution is -2.60. The summed E-state index contributed by atoms with van der Waals surface area (Å²) in [6, 6.07) is 1.94. The van der Waals surface area contributed by atoms with E-state index in [1.165, 1.54) is 64.2 Å².